The molecule has 0 aliphatic heterocycles. The number of benzene rings is 1. The van der Waals surface area contributed by atoms with Gasteiger partial charge in [-0.15, -0.1) is 0 Å². The van der Waals surface area contributed by atoms with E-state index in [-0.39, 0.29) is 16.4 Å². The van der Waals surface area contributed by atoms with Gasteiger partial charge in [-0.3, -0.25) is 4.79 Å². The average Bonchev–Trinajstić information content (AvgIpc) is 2.42. The van der Waals surface area contributed by atoms with E-state index in [9.17, 15) is 18.0 Å². The maximum absolute atomic E-state index is 12.0. The average molecular weight is 314 g/mol. The number of primary sulfonamides is 1. The van der Waals surface area contributed by atoms with Crippen LogP contribution in [-0.2, 0) is 14.8 Å². The van der Waals surface area contributed by atoms with Crippen LogP contribution in [0.3, 0.4) is 0 Å². The van der Waals surface area contributed by atoms with E-state index in [1.807, 2.05) is 6.92 Å². The van der Waals surface area contributed by atoms with Crippen molar-refractivity contribution < 1.29 is 23.1 Å². The number of nitrogens with one attached hydrogen (secondary N) is 1. The van der Waals surface area contributed by atoms with Crippen molar-refractivity contribution in [2.45, 2.75) is 31.2 Å². The molecule has 0 bridgehead atoms. The number of hydrogen-bond donors (Lipinski definition) is 3. The fraction of sp³-hybridized carbons (Fsp3) is 0.385. The largest absolute Gasteiger partial charge is 0.480 e. The number of sulfonamides is 1. The topological polar surface area (TPSA) is 127 Å². The van der Waals surface area contributed by atoms with Crippen molar-refractivity contribution in [1.82, 2.24) is 5.32 Å². The van der Waals surface area contributed by atoms with E-state index in [1.165, 1.54) is 24.3 Å². The molecule has 0 aliphatic carbocycles. The van der Waals surface area contributed by atoms with E-state index in [0.717, 1.165) is 0 Å². The van der Waals surface area contributed by atoms with Crippen molar-refractivity contribution >= 4 is 21.9 Å². The van der Waals surface area contributed by atoms with Crippen molar-refractivity contribution in [2.24, 2.45) is 11.1 Å². The third kappa shape index (κ3) is 4.54. The first-order valence-electron chi connectivity index (χ1n) is 6.33. The molecule has 1 amide bonds. The van der Waals surface area contributed by atoms with E-state index in [2.05, 4.69) is 5.32 Å². The highest BCUT2D eigenvalue weighted by atomic mass is 32.2. The summed E-state index contributed by atoms with van der Waals surface area (Å²) < 4.78 is 22.2. The second-order valence-electron chi connectivity index (χ2n) is 4.74. The maximum atomic E-state index is 12.0. The molecule has 0 fully saturated rings. The first-order valence-corrected chi connectivity index (χ1v) is 7.88. The van der Waals surface area contributed by atoms with Gasteiger partial charge in [0.15, 0.2) is 0 Å². The summed E-state index contributed by atoms with van der Waals surface area (Å²) in [6, 6.07) is 3.96. The normalized spacial score (nSPS) is 14.2. The van der Waals surface area contributed by atoms with E-state index in [1.54, 1.807) is 6.92 Å². The molecule has 0 unspecified atom stereocenters. The van der Waals surface area contributed by atoms with Gasteiger partial charge in [0.05, 0.1) is 4.90 Å². The number of carboxylic acids is 1. The lowest BCUT2D eigenvalue weighted by Crippen LogP contribution is -2.45. The predicted octanol–water partition coefficient (Wildman–Crippen LogP) is 0.563. The van der Waals surface area contributed by atoms with Gasteiger partial charge in [-0.1, -0.05) is 20.3 Å². The number of rotatable bonds is 6. The number of carboxylic acid groups (broad SMARTS) is 1. The summed E-state index contributed by atoms with van der Waals surface area (Å²) in [6.07, 6.45) is 0.599. The van der Waals surface area contributed by atoms with Crippen molar-refractivity contribution in [2.75, 3.05) is 0 Å². The monoisotopic (exact) mass is 314 g/mol. The van der Waals surface area contributed by atoms with Crippen LogP contribution in [0, 0.1) is 5.92 Å². The smallest absolute Gasteiger partial charge is 0.326 e. The molecule has 0 aromatic heterocycles. The summed E-state index contributed by atoms with van der Waals surface area (Å²) in [5, 5.41) is 16.5. The second-order valence-corrected chi connectivity index (χ2v) is 6.31. The Bertz CT molecular complexity index is 624. The highest BCUT2D eigenvalue weighted by Gasteiger charge is 2.25. The molecule has 2 atom stereocenters. The number of hydrogen-bond acceptors (Lipinski definition) is 4. The van der Waals surface area contributed by atoms with E-state index in [0.29, 0.717) is 6.42 Å². The first kappa shape index (κ1) is 17.1. The Balaban J connectivity index is 2.91. The van der Waals surface area contributed by atoms with Crippen LogP contribution in [0.25, 0.3) is 0 Å². The zero-order valence-electron chi connectivity index (χ0n) is 11.7. The summed E-state index contributed by atoms with van der Waals surface area (Å²) in [7, 11) is -3.82. The molecular weight excluding hydrogens is 296 g/mol. The van der Waals surface area contributed by atoms with Crippen LogP contribution in [0.5, 0.6) is 0 Å². The molecule has 1 aromatic carbocycles. The highest BCUT2D eigenvalue weighted by Crippen LogP contribution is 2.11. The molecule has 1 aromatic rings. The van der Waals surface area contributed by atoms with Gasteiger partial charge in [0.25, 0.3) is 5.91 Å². The molecule has 8 heteroatoms. The minimum absolute atomic E-state index is 0.115. The Labute approximate surface area is 123 Å². The van der Waals surface area contributed by atoms with Gasteiger partial charge in [-0.05, 0) is 30.2 Å². The van der Waals surface area contributed by atoms with Gasteiger partial charge in [-0.25, -0.2) is 18.4 Å². The van der Waals surface area contributed by atoms with Crippen molar-refractivity contribution in [1.29, 1.82) is 0 Å². The van der Waals surface area contributed by atoms with Crippen LogP contribution >= 0.6 is 0 Å². The van der Waals surface area contributed by atoms with Crippen LogP contribution in [0.15, 0.2) is 29.2 Å². The summed E-state index contributed by atoms with van der Waals surface area (Å²) in [5.41, 5.74) is 0.164. The summed E-state index contributed by atoms with van der Waals surface area (Å²) in [4.78, 5) is 23.0. The van der Waals surface area contributed by atoms with Gasteiger partial charge >= 0.3 is 5.97 Å². The third-order valence-electron chi connectivity index (χ3n) is 3.21. The molecule has 21 heavy (non-hydrogen) atoms. The van der Waals surface area contributed by atoms with E-state index >= 15 is 0 Å². The summed E-state index contributed by atoms with van der Waals surface area (Å²) >= 11 is 0. The molecule has 0 aliphatic rings. The molecule has 1 rings (SSSR count). The molecule has 0 heterocycles. The molecule has 4 N–H and O–H groups in total. The quantitative estimate of drug-likeness (QED) is 0.707. The van der Waals surface area contributed by atoms with E-state index in [4.69, 9.17) is 10.2 Å². The number of aliphatic carboxylic acids is 1. The predicted molar refractivity (Wildman–Crippen MR) is 76.2 cm³/mol. The zero-order valence-corrected chi connectivity index (χ0v) is 12.6. The fourth-order valence-corrected chi connectivity index (χ4v) is 2.22. The van der Waals surface area contributed by atoms with E-state index < -0.39 is 27.9 Å². The lowest BCUT2D eigenvalue weighted by molar-refractivity contribution is -0.140. The van der Waals surface area contributed by atoms with Gasteiger partial charge in [-0.2, -0.15) is 0 Å². The minimum atomic E-state index is -3.82. The van der Waals surface area contributed by atoms with Crippen molar-refractivity contribution in [3.05, 3.63) is 29.8 Å². The maximum Gasteiger partial charge on any atom is 0.326 e. The van der Waals surface area contributed by atoms with Gasteiger partial charge < -0.3 is 10.4 Å². The minimum Gasteiger partial charge on any atom is -0.480 e. The molecule has 7 nitrogen and oxygen atoms in total. The molecule has 0 spiro atoms. The Hall–Kier alpha value is -1.93. The highest BCUT2D eigenvalue weighted by molar-refractivity contribution is 7.89. The Kier molecular flexibility index (Phi) is 5.45. The van der Waals surface area contributed by atoms with Crippen LogP contribution in [0.4, 0.5) is 0 Å². The second kappa shape index (κ2) is 6.68. The van der Waals surface area contributed by atoms with Crippen LogP contribution < -0.4 is 10.5 Å². The zero-order chi connectivity index (χ0) is 16.2. The molecule has 116 valence electrons. The molecule has 0 saturated carbocycles. The fourth-order valence-electron chi connectivity index (χ4n) is 1.70. The number of carbonyl (C=O) groups excluding carboxylic acids is 1. The standard InChI is InChI=1S/C13H18N2O5S/c1-3-8(2)11(13(17)18)15-12(16)9-4-6-10(7-5-9)21(14,19)20/h4-8,11H,3H2,1-2H3,(H,15,16)(H,17,18)(H2,14,19,20)/t8-,11-/m0/s1. The van der Waals surface area contributed by atoms with Crippen LogP contribution in [0.2, 0.25) is 0 Å². The Morgan fingerprint density at radius 1 is 1.29 bits per heavy atom. The Morgan fingerprint density at radius 2 is 1.81 bits per heavy atom. The van der Waals surface area contributed by atoms with Gasteiger partial charge in [0.1, 0.15) is 6.04 Å². The molecule has 0 saturated heterocycles. The lowest BCUT2D eigenvalue weighted by atomic mass is 9.99. The number of nitrogens with two attached hydrogens (primary N) is 1. The summed E-state index contributed by atoms with van der Waals surface area (Å²) in [5.74, 6) is -1.92. The van der Waals surface area contributed by atoms with Crippen LogP contribution in [0.1, 0.15) is 30.6 Å². The van der Waals surface area contributed by atoms with Crippen LogP contribution in [-0.4, -0.2) is 31.4 Å². The molecular formula is C13H18N2O5S. The van der Waals surface area contributed by atoms with Gasteiger partial charge in [0.2, 0.25) is 10.0 Å². The summed E-state index contributed by atoms with van der Waals surface area (Å²) in [6.45, 7) is 3.55. The molecule has 0 radical (unpaired) electrons. The number of carbonyl (C=O) groups is 2. The van der Waals surface area contributed by atoms with Crippen molar-refractivity contribution in [3.8, 4) is 0 Å². The lowest BCUT2D eigenvalue weighted by Gasteiger charge is -2.20. The SMILES string of the molecule is CC[C@H](C)[C@H](NC(=O)c1ccc(S(N)(=O)=O)cc1)C(=O)O. The van der Waals surface area contributed by atoms with Gasteiger partial charge in [0, 0.05) is 5.56 Å². The first-order chi connectivity index (χ1) is 9.66. The third-order valence-corrected chi connectivity index (χ3v) is 4.14. The number of amides is 1. The Morgan fingerprint density at radius 3 is 2.19 bits per heavy atom. The van der Waals surface area contributed by atoms with Crippen molar-refractivity contribution in [3.63, 3.8) is 0 Å².